The number of carbonyl (C=O) groups excluding carboxylic acids is 1. The Morgan fingerprint density at radius 3 is 3.08 bits per heavy atom. The molecule has 3 aliphatic heterocycles. The molecule has 0 unspecified atom stereocenters. The van der Waals surface area contributed by atoms with E-state index in [0.29, 0.717) is 24.7 Å². The minimum absolute atomic E-state index is 0.0545. The Kier molecular flexibility index (Phi) is 3.89. The number of fused-ring (bicyclic) bond motifs is 3. The number of nitriles is 1. The van der Waals surface area contributed by atoms with Crippen LogP contribution in [0.3, 0.4) is 0 Å². The number of rotatable bonds is 1. The number of ether oxygens (including phenoxy) is 1. The highest BCUT2D eigenvalue weighted by molar-refractivity contribution is 6.30. The first-order valence-corrected chi connectivity index (χ1v) is 8.68. The molecule has 3 aliphatic rings. The summed E-state index contributed by atoms with van der Waals surface area (Å²) < 4.78 is 5.71. The molecule has 0 aromatic heterocycles. The molecule has 2 fully saturated rings. The van der Waals surface area contributed by atoms with Gasteiger partial charge in [-0.05, 0) is 37.5 Å². The van der Waals surface area contributed by atoms with E-state index in [0.717, 1.165) is 30.6 Å². The zero-order valence-electron chi connectivity index (χ0n) is 13.2. The van der Waals surface area contributed by atoms with Crippen LogP contribution in [0.25, 0.3) is 0 Å². The summed E-state index contributed by atoms with van der Waals surface area (Å²) in [5.74, 6) is 0.783. The van der Waals surface area contributed by atoms with Crippen molar-refractivity contribution in [2.75, 3.05) is 13.2 Å². The van der Waals surface area contributed by atoms with Gasteiger partial charge in [-0.3, -0.25) is 0 Å². The Morgan fingerprint density at radius 1 is 1.42 bits per heavy atom. The van der Waals surface area contributed by atoms with Crippen LogP contribution in [0.2, 0.25) is 5.02 Å². The van der Waals surface area contributed by atoms with Crippen LogP contribution in [0, 0.1) is 11.5 Å². The van der Waals surface area contributed by atoms with E-state index >= 15 is 0 Å². The standard InChI is InChI=1S/C17H19ClN4O2/c18-12-1-4-16-11(7-12)9-21(5-6-24-16)17(23)20-14-8-13-2-3-15(14)22(13)10-19/h1,4,7,13-15H,2-3,5-6,8-9H2,(H,20,23)/t13-,14+,15+/m0/s1. The number of benzene rings is 1. The lowest BCUT2D eigenvalue weighted by atomic mass is 9.96. The fourth-order valence-electron chi connectivity index (χ4n) is 4.09. The zero-order valence-corrected chi connectivity index (χ0v) is 14.0. The van der Waals surface area contributed by atoms with E-state index in [1.165, 1.54) is 0 Å². The average molecular weight is 347 g/mol. The topological polar surface area (TPSA) is 68.6 Å². The maximum Gasteiger partial charge on any atom is 0.318 e. The normalized spacial score (nSPS) is 27.9. The molecule has 1 aromatic rings. The first-order chi connectivity index (χ1) is 11.7. The van der Waals surface area contributed by atoms with Crippen LogP contribution in [-0.4, -0.2) is 47.1 Å². The quantitative estimate of drug-likeness (QED) is 0.792. The minimum atomic E-state index is -0.0955. The maximum absolute atomic E-state index is 12.7. The molecule has 0 spiro atoms. The summed E-state index contributed by atoms with van der Waals surface area (Å²) in [6, 6.07) is 5.88. The molecule has 3 atom stereocenters. The number of amides is 2. The van der Waals surface area contributed by atoms with Gasteiger partial charge in [-0.1, -0.05) is 11.6 Å². The maximum atomic E-state index is 12.7. The van der Waals surface area contributed by atoms with Crippen LogP contribution in [0.5, 0.6) is 5.75 Å². The Labute approximate surface area is 145 Å². The van der Waals surface area contributed by atoms with Gasteiger partial charge in [-0.2, -0.15) is 5.26 Å². The van der Waals surface area contributed by atoms with Gasteiger partial charge in [0.25, 0.3) is 0 Å². The Morgan fingerprint density at radius 2 is 2.29 bits per heavy atom. The number of halogens is 1. The van der Waals surface area contributed by atoms with Crippen LogP contribution in [0.15, 0.2) is 18.2 Å². The first kappa shape index (κ1) is 15.4. The Hall–Kier alpha value is -2.13. The van der Waals surface area contributed by atoms with Crippen molar-refractivity contribution >= 4 is 17.6 Å². The number of nitrogens with zero attached hydrogens (tertiary/aromatic N) is 3. The third kappa shape index (κ3) is 2.63. The van der Waals surface area contributed by atoms with Crippen molar-refractivity contribution in [2.24, 2.45) is 0 Å². The van der Waals surface area contributed by atoms with Crippen molar-refractivity contribution < 1.29 is 9.53 Å². The van der Waals surface area contributed by atoms with Crippen molar-refractivity contribution in [2.45, 2.75) is 43.9 Å². The zero-order chi connectivity index (χ0) is 16.7. The molecule has 1 N–H and O–H groups in total. The van der Waals surface area contributed by atoms with Crippen molar-refractivity contribution in [3.63, 3.8) is 0 Å². The van der Waals surface area contributed by atoms with Crippen molar-refractivity contribution in [3.8, 4) is 11.9 Å². The second kappa shape index (κ2) is 6.06. The molecule has 2 saturated heterocycles. The van der Waals surface area contributed by atoms with E-state index in [1.54, 1.807) is 11.0 Å². The minimum Gasteiger partial charge on any atom is -0.491 e. The molecule has 0 radical (unpaired) electrons. The molecule has 4 rings (SSSR count). The van der Waals surface area contributed by atoms with Crippen LogP contribution in [-0.2, 0) is 6.54 Å². The summed E-state index contributed by atoms with van der Waals surface area (Å²) in [5, 5.41) is 13.0. The molecule has 2 bridgehead atoms. The van der Waals surface area contributed by atoms with E-state index in [2.05, 4.69) is 11.5 Å². The van der Waals surface area contributed by atoms with Gasteiger partial charge in [0.2, 0.25) is 0 Å². The lowest BCUT2D eigenvalue weighted by Gasteiger charge is -2.26. The van der Waals surface area contributed by atoms with Gasteiger partial charge in [0.05, 0.1) is 25.2 Å². The summed E-state index contributed by atoms with van der Waals surface area (Å²) in [7, 11) is 0. The Bertz CT molecular complexity index is 704. The molecular formula is C17H19ClN4O2. The predicted octanol–water partition coefficient (Wildman–Crippen LogP) is 2.33. The number of urea groups is 1. The molecular weight excluding hydrogens is 328 g/mol. The fraction of sp³-hybridized carbons (Fsp3) is 0.529. The molecule has 3 heterocycles. The number of hydrogen-bond donors (Lipinski definition) is 1. The van der Waals surface area contributed by atoms with E-state index < -0.39 is 0 Å². The van der Waals surface area contributed by atoms with Gasteiger partial charge in [0.15, 0.2) is 6.19 Å². The van der Waals surface area contributed by atoms with E-state index in [4.69, 9.17) is 16.3 Å². The molecule has 1 aromatic carbocycles. The van der Waals surface area contributed by atoms with Crippen molar-refractivity contribution in [3.05, 3.63) is 28.8 Å². The molecule has 7 heteroatoms. The summed E-state index contributed by atoms with van der Waals surface area (Å²) in [4.78, 5) is 16.3. The first-order valence-electron chi connectivity index (χ1n) is 8.30. The SMILES string of the molecule is N#CN1[C@H]2CC[C@@H]1[C@H](NC(=O)N1CCOc3ccc(Cl)cc3C1)C2. The van der Waals surface area contributed by atoms with Gasteiger partial charge >= 0.3 is 6.03 Å². The van der Waals surface area contributed by atoms with Gasteiger partial charge in [0.1, 0.15) is 12.4 Å². The van der Waals surface area contributed by atoms with Crippen LogP contribution >= 0.6 is 11.6 Å². The third-order valence-electron chi connectivity index (χ3n) is 5.25. The highest BCUT2D eigenvalue weighted by atomic mass is 35.5. The van der Waals surface area contributed by atoms with Gasteiger partial charge in [0, 0.05) is 16.6 Å². The summed E-state index contributed by atoms with van der Waals surface area (Å²) in [6.45, 7) is 1.47. The molecule has 0 saturated carbocycles. The molecule has 126 valence electrons. The smallest absolute Gasteiger partial charge is 0.318 e. The van der Waals surface area contributed by atoms with Gasteiger partial charge in [-0.15, -0.1) is 0 Å². The third-order valence-corrected chi connectivity index (χ3v) is 5.49. The average Bonchev–Trinajstić information content (AvgIpc) is 3.03. The second-order valence-electron chi connectivity index (χ2n) is 6.62. The Balaban J connectivity index is 1.45. The van der Waals surface area contributed by atoms with E-state index in [9.17, 15) is 10.1 Å². The lowest BCUT2D eigenvalue weighted by Crippen LogP contribution is -2.49. The van der Waals surface area contributed by atoms with Gasteiger partial charge < -0.3 is 19.9 Å². The highest BCUT2D eigenvalue weighted by Gasteiger charge is 2.46. The summed E-state index contributed by atoms with van der Waals surface area (Å²) >= 11 is 6.06. The number of hydrogen-bond acceptors (Lipinski definition) is 4. The van der Waals surface area contributed by atoms with Crippen LogP contribution < -0.4 is 10.1 Å². The number of carbonyl (C=O) groups is 1. The van der Waals surface area contributed by atoms with Crippen LogP contribution in [0.4, 0.5) is 4.79 Å². The predicted molar refractivity (Wildman–Crippen MR) is 88.6 cm³/mol. The molecule has 2 amide bonds. The highest BCUT2D eigenvalue weighted by Crippen LogP contribution is 2.37. The van der Waals surface area contributed by atoms with Crippen molar-refractivity contribution in [1.29, 1.82) is 5.26 Å². The molecule has 24 heavy (non-hydrogen) atoms. The van der Waals surface area contributed by atoms with E-state index in [-0.39, 0.29) is 24.2 Å². The van der Waals surface area contributed by atoms with Crippen molar-refractivity contribution in [1.82, 2.24) is 15.1 Å². The van der Waals surface area contributed by atoms with Gasteiger partial charge in [-0.25, -0.2) is 4.79 Å². The summed E-state index contributed by atoms with van der Waals surface area (Å²) in [6.07, 6.45) is 5.16. The molecule has 6 nitrogen and oxygen atoms in total. The largest absolute Gasteiger partial charge is 0.491 e. The summed E-state index contributed by atoms with van der Waals surface area (Å²) in [5.41, 5.74) is 0.918. The second-order valence-corrected chi connectivity index (χ2v) is 7.06. The van der Waals surface area contributed by atoms with E-state index in [1.807, 2.05) is 17.0 Å². The van der Waals surface area contributed by atoms with Crippen LogP contribution in [0.1, 0.15) is 24.8 Å². The lowest BCUT2D eigenvalue weighted by molar-refractivity contribution is 0.181. The monoisotopic (exact) mass is 346 g/mol. The molecule has 0 aliphatic carbocycles. The number of nitrogens with one attached hydrogen (secondary N) is 1. The fourth-order valence-corrected chi connectivity index (χ4v) is 4.28.